The Labute approximate surface area is 65.2 Å². The van der Waals surface area contributed by atoms with Crippen molar-refractivity contribution in [2.75, 3.05) is 6.26 Å². The van der Waals surface area contributed by atoms with Gasteiger partial charge in [-0.2, -0.15) is 0 Å². The third-order valence-corrected chi connectivity index (χ3v) is 1.94. The molecule has 0 saturated heterocycles. The lowest BCUT2D eigenvalue weighted by Crippen LogP contribution is -1.81. The van der Waals surface area contributed by atoms with Crippen molar-refractivity contribution in [3.8, 4) is 0 Å². The first-order valence-corrected chi connectivity index (χ1v) is 4.22. The molecule has 0 aliphatic rings. The predicted molar refractivity (Wildman–Crippen MR) is 46.1 cm³/mol. The number of rotatable bonds is 2. The zero-order valence-corrected chi connectivity index (χ0v) is 6.69. The second-order valence-electron chi connectivity index (χ2n) is 1.81. The third kappa shape index (κ3) is 1.39. The van der Waals surface area contributed by atoms with E-state index in [0.29, 0.717) is 0 Å². The predicted octanol–water partition coefficient (Wildman–Crippen LogP) is 2.45. The number of hydrogen-bond donors (Lipinski definition) is 0. The molecule has 10 heavy (non-hydrogen) atoms. The highest BCUT2D eigenvalue weighted by atomic mass is 32.2. The number of aromatic nitrogens is 1. The van der Waals surface area contributed by atoms with E-state index in [4.69, 9.17) is 0 Å². The van der Waals surface area contributed by atoms with E-state index in [2.05, 4.69) is 11.6 Å². The van der Waals surface area contributed by atoms with E-state index in [1.165, 1.54) is 0 Å². The van der Waals surface area contributed by atoms with Crippen LogP contribution < -0.4 is 0 Å². The summed E-state index contributed by atoms with van der Waals surface area (Å²) in [4.78, 5) is 4.16. The van der Waals surface area contributed by atoms with Gasteiger partial charge in [0.25, 0.3) is 0 Å². The van der Waals surface area contributed by atoms with E-state index in [-0.39, 0.29) is 0 Å². The van der Waals surface area contributed by atoms with Crippen molar-refractivity contribution in [3.05, 3.63) is 30.5 Å². The first-order valence-electron chi connectivity index (χ1n) is 3.00. The van der Waals surface area contributed by atoms with Crippen molar-refractivity contribution < 1.29 is 0 Å². The summed E-state index contributed by atoms with van der Waals surface area (Å²) < 4.78 is 0. The van der Waals surface area contributed by atoms with Crippen molar-refractivity contribution in [1.82, 2.24) is 4.98 Å². The lowest BCUT2D eigenvalue weighted by Gasteiger charge is -1.97. The Bertz CT molecular complexity index is 232. The van der Waals surface area contributed by atoms with Gasteiger partial charge in [-0.25, -0.2) is 4.98 Å². The zero-order chi connectivity index (χ0) is 7.40. The van der Waals surface area contributed by atoms with E-state index < -0.39 is 0 Å². The molecular formula is C8H9NS. The highest BCUT2D eigenvalue weighted by molar-refractivity contribution is 7.98. The number of thioether (sulfide) groups is 1. The fraction of sp³-hybridized carbons (Fsp3) is 0.125. The van der Waals surface area contributed by atoms with Gasteiger partial charge >= 0.3 is 0 Å². The maximum Gasteiger partial charge on any atom is 0.103 e. The first kappa shape index (κ1) is 7.35. The van der Waals surface area contributed by atoms with Gasteiger partial charge < -0.3 is 0 Å². The smallest absolute Gasteiger partial charge is 0.103 e. The van der Waals surface area contributed by atoms with Gasteiger partial charge in [0.1, 0.15) is 5.03 Å². The molecule has 0 atom stereocenters. The average Bonchev–Trinajstić information content (AvgIpc) is 2.04. The Balaban J connectivity index is 3.08. The molecule has 1 nitrogen and oxygen atoms in total. The molecule has 0 aromatic carbocycles. The molecule has 0 aliphatic heterocycles. The van der Waals surface area contributed by atoms with Crippen molar-refractivity contribution >= 4 is 17.8 Å². The van der Waals surface area contributed by atoms with Crippen LogP contribution in [0.2, 0.25) is 0 Å². The molecule has 0 unspecified atom stereocenters. The molecule has 0 amide bonds. The summed E-state index contributed by atoms with van der Waals surface area (Å²) in [6.07, 6.45) is 5.62. The van der Waals surface area contributed by atoms with Crippen molar-refractivity contribution in [1.29, 1.82) is 0 Å². The van der Waals surface area contributed by atoms with Crippen LogP contribution in [0.4, 0.5) is 0 Å². The summed E-state index contributed by atoms with van der Waals surface area (Å²) >= 11 is 1.64. The maximum absolute atomic E-state index is 4.16. The van der Waals surface area contributed by atoms with Crippen LogP contribution in [0.5, 0.6) is 0 Å². The van der Waals surface area contributed by atoms with Crippen molar-refractivity contribution in [3.63, 3.8) is 0 Å². The highest BCUT2D eigenvalue weighted by Gasteiger charge is 1.94. The summed E-state index contributed by atoms with van der Waals surface area (Å²) in [6, 6.07) is 3.92. The molecule has 0 saturated carbocycles. The molecule has 2 heteroatoms. The van der Waals surface area contributed by atoms with Crippen LogP contribution in [0.3, 0.4) is 0 Å². The van der Waals surface area contributed by atoms with Gasteiger partial charge in [-0.1, -0.05) is 18.7 Å². The molecular weight excluding hydrogens is 142 g/mol. The Hall–Kier alpha value is -0.760. The monoisotopic (exact) mass is 151 g/mol. The van der Waals surface area contributed by atoms with Crippen molar-refractivity contribution in [2.45, 2.75) is 5.03 Å². The normalized spacial score (nSPS) is 9.30. The highest BCUT2D eigenvalue weighted by Crippen LogP contribution is 2.16. The number of nitrogens with zero attached hydrogens (tertiary/aromatic N) is 1. The van der Waals surface area contributed by atoms with Crippen LogP contribution in [0.1, 0.15) is 5.56 Å². The summed E-state index contributed by atoms with van der Waals surface area (Å²) in [5, 5.41) is 1.04. The lowest BCUT2D eigenvalue weighted by atomic mass is 10.3. The Morgan fingerprint density at radius 1 is 1.70 bits per heavy atom. The number of pyridine rings is 1. The van der Waals surface area contributed by atoms with Gasteiger partial charge in [-0.15, -0.1) is 11.8 Å². The Kier molecular flexibility index (Phi) is 2.51. The first-order chi connectivity index (χ1) is 4.88. The second-order valence-corrected chi connectivity index (χ2v) is 2.60. The standard InChI is InChI=1S/C8H9NS/c1-3-7-5-4-6-9-8(7)10-2/h3-6H,1H2,2H3. The van der Waals surface area contributed by atoms with Crippen LogP contribution >= 0.6 is 11.8 Å². The molecule has 1 aromatic rings. The second kappa shape index (κ2) is 3.42. The van der Waals surface area contributed by atoms with E-state index in [9.17, 15) is 0 Å². The summed E-state index contributed by atoms with van der Waals surface area (Å²) in [5.74, 6) is 0. The Morgan fingerprint density at radius 2 is 2.50 bits per heavy atom. The summed E-state index contributed by atoms with van der Waals surface area (Å²) in [6.45, 7) is 3.69. The molecule has 0 N–H and O–H groups in total. The van der Waals surface area contributed by atoms with Crippen molar-refractivity contribution in [2.24, 2.45) is 0 Å². The SMILES string of the molecule is C=Cc1cccnc1SC. The van der Waals surface area contributed by atoms with Crippen LogP contribution in [0.15, 0.2) is 29.9 Å². The van der Waals surface area contributed by atoms with E-state index in [1.54, 1.807) is 18.0 Å². The van der Waals surface area contributed by atoms with E-state index >= 15 is 0 Å². The minimum absolute atomic E-state index is 1.04. The molecule has 0 radical (unpaired) electrons. The molecule has 52 valence electrons. The molecule has 1 aromatic heterocycles. The van der Waals surface area contributed by atoms with Gasteiger partial charge in [0, 0.05) is 11.8 Å². The fourth-order valence-electron chi connectivity index (χ4n) is 0.729. The van der Waals surface area contributed by atoms with Gasteiger partial charge in [0.15, 0.2) is 0 Å². The molecule has 0 fully saturated rings. The van der Waals surface area contributed by atoms with Gasteiger partial charge in [-0.3, -0.25) is 0 Å². The molecule has 0 bridgehead atoms. The number of hydrogen-bond acceptors (Lipinski definition) is 2. The van der Waals surface area contributed by atoms with E-state index in [1.807, 2.05) is 24.5 Å². The summed E-state index contributed by atoms with van der Waals surface area (Å²) in [7, 11) is 0. The lowest BCUT2D eigenvalue weighted by molar-refractivity contribution is 1.12. The van der Waals surface area contributed by atoms with Gasteiger partial charge in [0.05, 0.1) is 0 Å². The van der Waals surface area contributed by atoms with Crippen LogP contribution in [0, 0.1) is 0 Å². The molecule has 0 aliphatic carbocycles. The van der Waals surface area contributed by atoms with Gasteiger partial charge in [-0.05, 0) is 12.3 Å². The van der Waals surface area contributed by atoms with E-state index in [0.717, 1.165) is 10.6 Å². The van der Waals surface area contributed by atoms with Crippen LogP contribution in [0.25, 0.3) is 6.08 Å². The third-order valence-electron chi connectivity index (χ3n) is 1.21. The molecule has 1 rings (SSSR count). The fourth-order valence-corrected chi connectivity index (χ4v) is 1.28. The maximum atomic E-state index is 4.16. The van der Waals surface area contributed by atoms with Gasteiger partial charge in [0.2, 0.25) is 0 Å². The quantitative estimate of drug-likeness (QED) is 0.602. The average molecular weight is 151 g/mol. The molecule has 1 heterocycles. The van der Waals surface area contributed by atoms with Crippen LogP contribution in [-0.2, 0) is 0 Å². The topological polar surface area (TPSA) is 12.9 Å². The largest absolute Gasteiger partial charge is 0.249 e. The van der Waals surface area contributed by atoms with Crippen LogP contribution in [-0.4, -0.2) is 11.2 Å². The zero-order valence-electron chi connectivity index (χ0n) is 5.87. The Morgan fingerprint density at radius 3 is 3.00 bits per heavy atom. The minimum Gasteiger partial charge on any atom is -0.249 e. The summed E-state index contributed by atoms with van der Waals surface area (Å²) in [5.41, 5.74) is 1.11. The minimum atomic E-state index is 1.04. The molecule has 0 spiro atoms.